The molecule has 192 valence electrons. The Labute approximate surface area is 205 Å². The average Bonchev–Trinajstić information content (AvgIpc) is 3.09. The first-order valence-electron chi connectivity index (χ1n) is 12.4. The summed E-state index contributed by atoms with van der Waals surface area (Å²) >= 11 is 0. The standard InChI is InChI=1S/C26H35F3N4O2/c27-26(28,29)25-8-7-21(17-30-25)18-32-13-9-22(10-14-32)33-12-4-11-31(15-16-33)19-23(34)20-35-24-5-2-1-3-6-24/h1-3,5-8,17,22-23,34H,4,9-16,18-20H2. The van der Waals surface area contributed by atoms with Crippen LogP contribution >= 0.6 is 0 Å². The van der Waals surface area contributed by atoms with Gasteiger partial charge >= 0.3 is 6.18 Å². The Hall–Kier alpha value is -2.20. The van der Waals surface area contributed by atoms with Gasteiger partial charge in [-0.2, -0.15) is 13.2 Å². The molecule has 0 bridgehead atoms. The van der Waals surface area contributed by atoms with E-state index in [2.05, 4.69) is 19.7 Å². The SMILES string of the molecule is OC(COc1ccccc1)CN1CCCN(C2CCN(Cc3ccc(C(F)(F)F)nc3)CC2)CC1. The van der Waals surface area contributed by atoms with Crippen LogP contribution in [0.1, 0.15) is 30.5 Å². The minimum atomic E-state index is -4.40. The van der Waals surface area contributed by atoms with Crippen LogP contribution < -0.4 is 4.74 Å². The highest BCUT2D eigenvalue weighted by Crippen LogP contribution is 2.27. The van der Waals surface area contributed by atoms with E-state index < -0.39 is 18.0 Å². The lowest BCUT2D eigenvalue weighted by Gasteiger charge is -2.38. The van der Waals surface area contributed by atoms with Crippen molar-refractivity contribution in [3.63, 3.8) is 0 Å². The first-order valence-corrected chi connectivity index (χ1v) is 12.4. The van der Waals surface area contributed by atoms with Crippen molar-refractivity contribution in [2.45, 2.75) is 44.1 Å². The molecule has 6 nitrogen and oxygen atoms in total. The highest BCUT2D eigenvalue weighted by molar-refractivity contribution is 5.21. The van der Waals surface area contributed by atoms with Crippen molar-refractivity contribution in [1.82, 2.24) is 19.7 Å². The molecule has 1 aromatic carbocycles. The summed E-state index contributed by atoms with van der Waals surface area (Å²) in [6, 6.07) is 12.7. The maximum atomic E-state index is 12.7. The zero-order valence-corrected chi connectivity index (χ0v) is 20.0. The zero-order chi connectivity index (χ0) is 24.7. The van der Waals surface area contributed by atoms with Crippen molar-refractivity contribution in [1.29, 1.82) is 0 Å². The van der Waals surface area contributed by atoms with Gasteiger partial charge in [-0.15, -0.1) is 0 Å². The first-order chi connectivity index (χ1) is 16.9. The molecule has 2 aromatic rings. The third kappa shape index (κ3) is 7.90. The molecule has 0 amide bonds. The van der Waals surface area contributed by atoms with Crippen LogP contribution in [0.2, 0.25) is 0 Å². The number of β-amino-alcohol motifs (C(OH)–C–C–N with tert-alkyl or cyclic N) is 1. The Morgan fingerprint density at radius 1 is 0.943 bits per heavy atom. The summed E-state index contributed by atoms with van der Waals surface area (Å²) in [7, 11) is 0. The van der Waals surface area contributed by atoms with Crippen molar-refractivity contribution < 1.29 is 23.0 Å². The van der Waals surface area contributed by atoms with Gasteiger partial charge in [0.25, 0.3) is 0 Å². The van der Waals surface area contributed by atoms with Gasteiger partial charge in [0.2, 0.25) is 0 Å². The molecular weight excluding hydrogens is 457 g/mol. The minimum Gasteiger partial charge on any atom is -0.491 e. The second-order valence-corrected chi connectivity index (χ2v) is 9.52. The van der Waals surface area contributed by atoms with Crippen LogP contribution in [0.15, 0.2) is 48.7 Å². The quantitative estimate of drug-likeness (QED) is 0.609. The van der Waals surface area contributed by atoms with Crippen LogP contribution in [-0.4, -0.2) is 89.4 Å². The van der Waals surface area contributed by atoms with Gasteiger partial charge in [0.05, 0.1) is 0 Å². The number of hydrogen-bond acceptors (Lipinski definition) is 6. The highest BCUT2D eigenvalue weighted by Gasteiger charge is 2.32. The average molecular weight is 493 g/mol. The molecule has 0 saturated carbocycles. The largest absolute Gasteiger partial charge is 0.491 e. The number of hydrogen-bond donors (Lipinski definition) is 1. The Kier molecular flexibility index (Phi) is 8.99. The summed E-state index contributed by atoms with van der Waals surface area (Å²) in [5, 5.41) is 10.4. The van der Waals surface area contributed by atoms with Gasteiger partial charge in [-0.1, -0.05) is 24.3 Å². The molecular formula is C26H35F3N4O2. The predicted molar refractivity (Wildman–Crippen MR) is 128 cm³/mol. The number of ether oxygens (including phenoxy) is 1. The fourth-order valence-electron chi connectivity index (χ4n) is 4.98. The van der Waals surface area contributed by atoms with E-state index in [1.165, 1.54) is 12.3 Å². The fraction of sp³-hybridized carbons (Fsp3) is 0.577. The Bertz CT molecular complexity index is 890. The van der Waals surface area contributed by atoms with Crippen LogP contribution in [0.5, 0.6) is 5.75 Å². The van der Waals surface area contributed by atoms with Crippen molar-refractivity contribution in [2.24, 2.45) is 0 Å². The van der Waals surface area contributed by atoms with Crippen LogP contribution in [0.25, 0.3) is 0 Å². The van der Waals surface area contributed by atoms with Crippen molar-refractivity contribution in [2.75, 3.05) is 52.4 Å². The summed E-state index contributed by atoms with van der Waals surface area (Å²) in [4.78, 5) is 10.8. The molecule has 2 fully saturated rings. The number of aromatic nitrogens is 1. The lowest BCUT2D eigenvalue weighted by molar-refractivity contribution is -0.141. The molecule has 1 unspecified atom stereocenters. The zero-order valence-electron chi connectivity index (χ0n) is 20.0. The molecule has 35 heavy (non-hydrogen) atoms. The molecule has 0 radical (unpaired) electrons. The van der Waals surface area contributed by atoms with Crippen molar-refractivity contribution in [3.05, 3.63) is 59.9 Å². The Morgan fingerprint density at radius 2 is 1.71 bits per heavy atom. The number of pyridine rings is 1. The van der Waals surface area contributed by atoms with Crippen molar-refractivity contribution >= 4 is 0 Å². The van der Waals surface area contributed by atoms with Gasteiger partial charge < -0.3 is 9.84 Å². The van der Waals surface area contributed by atoms with Crippen LogP contribution in [0, 0.1) is 0 Å². The van der Waals surface area contributed by atoms with Gasteiger partial charge in [0.1, 0.15) is 24.2 Å². The summed E-state index contributed by atoms with van der Waals surface area (Å²) in [5.41, 5.74) is -0.0249. The molecule has 9 heteroatoms. The molecule has 2 saturated heterocycles. The Morgan fingerprint density at radius 3 is 2.40 bits per heavy atom. The second-order valence-electron chi connectivity index (χ2n) is 9.52. The smallest absolute Gasteiger partial charge is 0.433 e. The summed E-state index contributed by atoms with van der Waals surface area (Å²) in [6.45, 7) is 7.34. The molecule has 4 rings (SSSR count). The van der Waals surface area contributed by atoms with E-state index in [9.17, 15) is 18.3 Å². The lowest BCUT2D eigenvalue weighted by atomic mass is 10.0. The van der Waals surface area contributed by atoms with Crippen LogP contribution in [-0.2, 0) is 12.7 Å². The highest BCUT2D eigenvalue weighted by atomic mass is 19.4. The Balaban J connectivity index is 1.16. The van der Waals surface area contributed by atoms with Gasteiger partial charge in [-0.05, 0) is 69.2 Å². The summed E-state index contributed by atoms with van der Waals surface area (Å²) in [5.74, 6) is 0.773. The molecule has 1 aromatic heterocycles. The maximum absolute atomic E-state index is 12.7. The van der Waals surface area contributed by atoms with Gasteiger partial charge in [-0.25, -0.2) is 0 Å². The number of nitrogens with zero attached hydrogens (tertiary/aromatic N) is 4. The molecule has 1 atom stereocenters. The number of aliphatic hydroxyl groups is 1. The number of piperidine rings is 1. The number of benzene rings is 1. The first kappa shape index (κ1) is 25.9. The molecule has 0 spiro atoms. The molecule has 2 aliphatic rings. The minimum absolute atomic E-state index is 0.289. The predicted octanol–water partition coefficient (Wildman–Crippen LogP) is 3.51. The normalized spacial score (nSPS) is 20.5. The summed E-state index contributed by atoms with van der Waals surface area (Å²) < 4.78 is 43.8. The maximum Gasteiger partial charge on any atom is 0.433 e. The van der Waals surface area contributed by atoms with Gasteiger partial charge in [0, 0.05) is 38.4 Å². The van der Waals surface area contributed by atoms with E-state index in [4.69, 9.17) is 4.74 Å². The number of likely N-dealkylation sites (tertiary alicyclic amines) is 1. The summed E-state index contributed by atoms with van der Waals surface area (Å²) in [6.07, 6.45) is -0.386. The number of halogens is 3. The van der Waals surface area contributed by atoms with E-state index in [0.717, 1.165) is 75.9 Å². The van der Waals surface area contributed by atoms with Crippen molar-refractivity contribution in [3.8, 4) is 5.75 Å². The van der Waals surface area contributed by atoms with E-state index in [1.54, 1.807) is 0 Å². The van der Waals surface area contributed by atoms with Gasteiger partial charge in [0.15, 0.2) is 0 Å². The van der Waals surface area contributed by atoms with E-state index in [0.29, 0.717) is 19.1 Å². The lowest BCUT2D eigenvalue weighted by Crippen LogP contribution is -2.46. The van der Waals surface area contributed by atoms with E-state index in [1.807, 2.05) is 30.3 Å². The second kappa shape index (κ2) is 12.2. The molecule has 2 aliphatic heterocycles. The number of rotatable bonds is 8. The van der Waals surface area contributed by atoms with Crippen LogP contribution in [0.4, 0.5) is 13.2 Å². The third-order valence-corrected chi connectivity index (χ3v) is 6.87. The molecule has 3 heterocycles. The van der Waals surface area contributed by atoms with E-state index in [-0.39, 0.29) is 6.61 Å². The topological polar surface area (TPSA) is 52.1 Å². The molecule has 0 aliphatic carbocycles. The number of alkyl halides is 3. The van der Waals surface area contributed by atoms with E-state index >= 15 is 0 Å². The molecule has 1 N–H and O–H groups in total. The third-order valence-electron chi connectivity index (χ3n) is 6.87. The monoisotopic (exact) mass is 492 g/mol. The number of aliphatic hydroxyl groups excluding tert-OH is 1. The fourth-order valence-corrected chi connectivity index (χ4v) is 4.98. The number of para-hydroxylation sites is 1. The van der Waals surface area contributed by atoms with Gasteiger partial charge in [-0.3, -0.25) is 19.7 Å². The van der Waals surface area contributed by atoms with Crippen LogP contribution in [0.3, 0.4) is 0 Å².